The van der Waals surface area contributed by atoms with Gasteiger partial charge in [-0.1, -0.05) is 0 Å². The van der Waals surface area contributed by atoms with Crippen LogP contribution in [0.3, 0.4) is 0 Å². The number of anilines is 1. The molecule has 1 aromatic rings. The Kier molecular flexibility index (Phi) is 4.50. The molecule has 2 rings (SSSR count). The minimum Gasteiger partial charge on any atom is -0.398 e. The first-order valence-electron chi connectivity index (χ1n) is 6.06. The summed E-state index contributed by atoms with van der Waals surface area (Å²) in [6.45, 7) is 2.94. The summed E-state index contributed by atoms with van der Waals surface area (Å²) >= 11 is 3.29. The Morgan fingerprint density at radius 1 is 1.37 bits per heavy atom. The van der Waals surface area contributed by atoms with E-state index in [0.29, 0.717) is 41.8 Å². The van der Waals surface area contributed by atoms with Crippen LogP contribution in [0.15, 0.2) is 21.5 Å². The Labute approximate surface area is 121 Å². The molecule has 1 aliphatic rings. The van der Waals surface area contributed by atoms with Crippen molar-refractivity contribution in [1.82, 2.24) is 4.72 Å². The molecule has 19 heavy (non-hydrogen) atoms. The van der Waals surface area contributed by atoms with E-state index in [9.17, 15) is 8.42 Å². The zero-order chi connectivity index (χ0) is 14.0. The van der Waals surface area contributed by atoms with Gasteiger partial charge in [-0.15, -0.1) is 0 Å². The SMILES string of the molecule is Cc1cc(Br)c(N)cc1S(=O)(=O)NC1CCOCC1. The normalized spacial score (nSPS) is 17.6. The van der Waals surface area contributed by atoms with E-state index in [1.54, 1.807) is 13.0 Å². The predicted molar refractivity (Wildman–Crippen MR) is 77.5 cm³/mol. The first-order valence-corrected chi connectivity index (χ1v) is 8.33. The minimum atomic E-state index is -3.54. The van der Waals surface area contributed by atoms with Crippen LogP contribution in [-0.2, 0) is 14.8 Å². The quantitative estimate of drug-likeness (QED) is 0.816. The highest BCUT2D eigenvalue weighted by Gasteiger charge is 2.24. The number of rotatable bonds is 3. The lowest BCUT2D eigenvalue weighted by Gasteiger charge is -2.23. The van der Waals surface area contributed by atoms with Crippen LogP contribution in [0.2, 0.25) is 0 Å². The number of sulfonamides is 1. The standard InChI is InChI=1S/C12H17BrN2O3S/c1-8-6-10(13)11(14)7-12(8)19(16,17)15-9-2-4-18-5-3-9/h6-7,9,15H,2-5,14H2,1H3. The fraction of sp³-hybridized carbons (Fsp3) is 0.500. The van der Waals surface area contributed by atoms with Crippen LogP contribution < -0.4 is 10.5 Å². The molecule has 0 spiro atoms. The summed E-state index contributed by atoms with van der Waals surface area (Å²) in [4.78, 5) is 0.236. The zero-order valence-electron chi connectivity index (χ0n) is 10.6. The van der Waals surface area contributed by atoms with Crippen molar-refractivity contribution in [3.63, 3.8) is 0 Å². The van der Waals surface area contributed by atoms with E-state index in [-0.39, 0.29) is 10.9 Å². The van der Waals surface area contributed by atoms with E-state index in [2.05, 4.69) is 20.7 Å². The van der Waals surface area contributed by atoms with Crippen LogP contribution in [0.25, 0.3) is 0 Å². The van der Waals surface area contributed by atoms with E-state index in [4.69, 9.17) is 10.5 Å². The molecular formula is C12H17BrN2O3S. The second-order valence-electron chi connectivity index (χ2n) is 4.65. The first kappa shape index (κ1) is 14.8. The monoisotopic (exact) mass is 348 g/mol. The maximum Gasteiger partial charge on any atom is 0.241 e. The van der Waals surface area contributed by atoms with Gasteiger partial charge in [0.15, 0.2) is 0 Å². The van der Waals surface area contributed by atoms with E-state index in [0.717, 1.165) is 0 Å². The van der Waals surface area contributed by atoms with Crippen LogP contribution in [0.4, 0.5) is 5.69 Å². The summed E-state index contributed by atoms with van der Waals surface area (Å²) in [6, 6.07) is 3.14. The highest BCUT2D eigenvalue weighted by atomic mass is 79.9. The van der Waals surface area contributed by atoms with Crippen LogP contribution in [0.5, 0.6) is 0 Å². The summed E-state index contributed by atoms with van der Waals surface area (Å²) < 4.78 is 33.4. The van der Waals surface area contributed by atoms with Crippen molar-refractivity contribution in [3.8, 4) is 0 Å². The highest BCUT2D eigenvalue weighted by Crippen LogP contribution is 2.27. The molecule has 0 amide bonds. The third-order valence-corrected chi connectivity index (χ3v) is 5.48. The second-order valence-corrected chi connectivity index (χ2v) is 7.18. The molecule has 1 fully saturated rings. The smallest absolute Gasteiger partial charge is 0.241 e. The predicted octanol–water partition coefficient (Wildman–Crippen LogP) is 1.80. The lowest BCUT2D eigenvalue weighted by atomic mass is 10.1. The van der Waals surface area contributed by atoms with Crippen molar-refractivity contribution >= 4 is 31.6 Å². The second kappa shape index (κ2) is 5.78. The molecule has 1 aliphatic heterocycles. The van der Waals surface area contributed by atoms with Gasteiger partial charge in [0, 0.05) is 29.4 Å². The lowest BCUT2D eigenvalue weighted by molar-refractivity contribution is 0.0832. The van der Waals surface area contributed by atoms with Crippen molar-refractivity contribution < 1.29 is 13.2 Å². The fourth-order valence-corrected chi connectivity index (χ4v) is 4.08. The lowest BCUT2D eigenvalue weighted by Crippen LogP contribution is -2.39. The number of benzene rings is 1. The third kappa shape index (κ3) is 3.47. The number of hydrogen-bond acceptors (Lipinski definition) is 4. The number of hydrogen-bond donors (Lipinski definition) is 2. The topological polar surface area (TPSA) is 81.4 Å². The summed E-state index contributed by atoms with van der Waals surface area (Å²) in [5.74, 6) is 0. The molecule has 7 heteroatoms. The molecule has 1 aromatic carbocycles. The Morgan fingerprint density at radius 3 is 2.63 bits per heavy atom. The van der Waals surface area contributed by atoms with Gasteiger partial charge in [-0.2, -0.15) is 0 Å². The van der Waals surface area contributed by atoms with Gasteiger partial charge in [0.2, 0.25) is 10.0 Å². The Hall–Kier alpha value is -0.630. The van der Waals surface area contributed by atoms with Crippen LogP contribution in [0, 0.1) is 6.92 Å². The van der Waals surface area contributed by atoms with Crippen LogP contribution in [0.1, 0.15) is 18.4 Å². The van der Waals surface area contributed by atoms with Gasteiger partial charge in [0.05, 0.1) is 4.90 Å². The first-order chi connectivity index (χ1) is 8.90. The molecule has 0 aliphatic carbocycles. The molecule has 1 saturated heterocycles. The van der Waals surface area contributed by atoms with E-state index < -0.39 is 10.0 Å². The zero-order valence-corrected chi connectivity index (χ0v) is 13.1. The number of ether oxygens (including phenoxy) is 1. The molecule has 5 nitrogen and oxygen atoms in total. The molecule has 0 atom stereocenters. The molecule has 0 bridgehead atoms. The Morgan fingerprint density at radius 2 is 2.00 bits per heavy atom. The molecular weight excluding hydrogens is 332 g/mol. The summed E-state index contributed by atoms with van der Waals surface area (Å²) in [5, 5.41) is 0. The number of nitrogens with two attached hydrogens (primary N) is 1. The molecule has 0 radical (unpaired) electrons. The summed E-state index contributed by atoms with van der Waals surface area (Å²) in [5.41, 5.74) is 6.84. The van der Waals surface area contributed by atoms with Crippen molar-refractivity contribution in [2.24, 2.45) is 0 Å². The van der Waals surface area contributed by atoms with Crippen LogP contribution >= 0.6 is 15.9 Å². The Bertz CT molecular complexity index is 569. The largest absolute Gasteiger partial charge is 0.398 e. The van der Waals surface area contributed by atoms with Gasteiger partial charge in [-0.3, -0.25) is 0 Å². The van der Waals surface area contributed by atoms with E-state index >= 15 is 0 Å². The number of aryl methyl sites for hydroxylation is 1. The van der Waals surface area contributed by atoms with E-state index in [1.807, 2.05) is 0 Å². The van der Waals surface area contributed by atoms with Gasteiger partial charge in [0.25, 0.3) is 0 Å². The van der Waals surface area contributed by atoms with E-state index in [1.165, 1.54) is 6.07 Å². The molecule has 1 heterocycles. The summed E-state index contributed by atoms with van der Waals surface area (Å²) in [7, 11) is -3.54. The molecule has 0 aromatic heterocycles. The van der Waals surface area contributed by atoms with Gasteiger partial charge >= 0.3 is 0 Å². The van der Waals surface area contributed by atoms with Gasteiger partial charge in [0.1, 0.15) is 0 Å². The van der Waals surface area contributed by atoms with Crippen molar-refractivity contribution in [1.29, 1.82) is 0 Å². The van der Waals surface area contributed by atoms with Crippen molar-refractivity contribution in [3.05, 3.63) is 22.2 Å². The van der Waals surface area contributed by atoms with Gasteiger partial charge in [-0.05, 0) is 53.4 Å². The number of halogens is 1. The van der Waals surface area contributed by atoms with Crippen LogP contribution in [-0.4, -0.2) is 27.7 Å². The molecule has 0 saturated carbocycles. The number of nitrogen functional groups attached to an aromatic ring is 1. The van der Waals surface area contributed by atoms with Gasteiger partial charge in [-0.25, -0.2) is 13.1 Å². The third-order valence-electron chi connectivity index (χ3n) is 3.13. The summed E-state index contributed by atoms with van der Waals surface area (Å²) in [6.07, 6.45) is 1.40. The van der Waals surface area contributed by atoms with Gasteiger partial charge < -0.3 is 10.5 Å². The Balaban J connectivity index is 2.26. The molecule has 0 unspecified atom stereocenters. The molecule has 3 N–H and O–H groups in total. The molecule has 106 valence electrons. The number of nitrogens with one attached hydrogen (secondary N) is 1. The average Bonchev–Trinajstić information content (AvgIpc) is 2.34. The maximum atomic E-state index is 12.4. The average molecular weight is 349 g/mol. The fourth-order valence-electron chi connectivity index (χ4n) is 2.06. The van der Waals surface area contributed by atoms with Crippen molar-refractivity contribution in [2.75, 3.05) is 18.9 Å². The minimum absolute atomic E-state index is 0.0666. The highest BCUT2D eigenvalue weighted by molar-refractivity contribution is 9.10. The maximum absolute atomic E-state index is 12.4. The van der Waals surface area contributed by atoms with Crippen molar-refractivity contribution in [2.45, 2.75) is 30.7 Å².